The van der Waals surface area contributed by atoms with E-state index in [-0.39, 0.29) is 28.8 Å². The average Bonchev–Trinajstić information content (AvgIpc) is 3.43. The van der Waals surface area contributed by atoms with Crippen LogP contribution in [0.15, 0.2) is 69.5 Å². The predicted molar refractivity (Wildman–Crippen MR) is 158 cm³/mol. The highest BCUT2D eigenvalue weighted by atomic mass is 35.5. The Kier molecular flexibility index (Phi) is 8.49. The number of hydrogen-bond acceptors (Lipinski definition) is 11. The molecule has 2 aliphatic rings. The molecule has 1 amide bonds. The molecule has 0 radical (unpaired) electrons. The first-order valence-corrected chi connectivity index (χ1v) is 14.7. The molecule has 210 valence electrons. The van der Waals surface area contributed by atoms with Gasteiger partial charge >= 0.3 is 0 Å². The molecule has 0 bridgehead atoms. The molecule has 0 fully saturated rings. The number of benzene rings is 2. The third-order valence-corrected chi connectivity index (χ3v) is 8.92. The summed E-state index contributed by atoms with van der Waals surface area (Å²) in [5, 5.41) is 22.5. The zero-order valence-corrected chi connectivity index (χ0v) is 24.5. The van der Waals surface area contributed by atoms with Gasteiger partial charge in [-0.25, -0.2) is 0 Å². The van der Waals surface area contributed by atoms with E-state index in [4.69, 9.17) is 26.8 Å². The third-order valence-electron chi connectivity index (χ3n) is 6.64. The Labute approximate surface area is 249 Å². The van der Waals surface area contributed by atoms with E-state index in [9.17, 15) is 14.9 Å². The van der Waals surface area contributed by atoms with Gasteiger partial charge in [0, 0.05) is 46.6 Å². The molecule has 5 rings (SSSR count). The number of rotatable bonds is 8. The van der Waals surface area contributed by atoms with E-state index in [1.165, 1.54) is 37.3 Å². The smallest absolute Gasteiger partial charge is 0.234 e. The number of carbonyl (C=O) groups excluding carboxylic acids is 2. The van der Waals surface area contributed by atoms with Crippen molar-refractivity contribution < 1.29 is 19.1 Å². The number of ether oxygens (including phenoxy) is 2. The third kappa shape index (κ3) is 5.88. The van der Waals surface area contributed by atoms with Crippen molar-refractivity contribution >= 4 is 57.2 Å². The Morgan fingerprint density at radius 3 is 2.66 bits per heavy atom. The Balaban J connectivity index is 1.39. The van der Waals surface area contributed by atoms with Crippen LogP contribution in [0.3, 0.4) is 0 Å². The van der Waals surface area contributed by atoms with E-state index in [1.54, 1.807) is 41.3 Å². The van der Waals surface area contributed by atoms with Crippen LogP contribution in [-0.4, -0.2) is 41.9 Å². The number of thioether (sulfide) groups is 1. The second-order valence-electron chi connectivity index (χ2n) is 9.16. The summed E-state index contributed by atoms with van der Waals surface area (Å²) in [5.41, 5.74) is 9.35. The Morgan fingerprint density at radius 1 is 1.22 bits per heavy atom. The highest BCUT2D eigenvalue weighted by Crippen LogP contribution is 2.47. The van der Waals surface area contributed by atoms with Crippen LogP contribution in [-0.2, 0) is 9.59 Å². The molecule has 3 aromatic rings. The minimum atomic E-state index is -0.613. The number of hydrogen-bond donors (Lipinski definition) is 2. The van der Waals surface area contributed by atoms with Gasteiger partial charge in [-0.05, 0) is 30.5 Å². The molecule has 13 heteroatoms. The standard InChI is InChI=1S/C28H25ClN6O4S2/c1-38-18-10-17(11-19(12-18)39-2)32-23(37)14-40-28-34-33-27(41-28)35-21-7-4-8-22(36)25(21)24(20(13-30)26(35)31)15-5-3-6-16(29)9-15/h3,5-6,9-12,24H,4,7-8,14,31H2,1-2H3,(H,32,37). The van der Waals surface area contributed by atoms with Crippen LogP contribution in [0.4, 0.5) is 10.8 Å². The van der Waals surface area contributed by atoms with Gasteiger partial charge < -0.3 is 20.5 Å². The van der Waals surface area contributed by atoms with Crippen LogP contribution < -0.4 is 25.4 Å². The van der Waals surface area contributed by atoms with Crippen LogP contribution in [0.1, 0.15) is 30.7 Å². The van der Waals surface area contributed by atoms with E-state index < -0.39 is 5.92 Å². The monoisotopic (exact) mass is 608 g/mol. The number of methoxy groups -OCH3 is 2. The Hall–Kier alpha value is -4.05. The minimum Gasteiger partial charge on any atom is -0.497 e. The fourth-order valence-corrected chi connectivity index (χ4v) is 6.76. The topological polar surface area (TPSA) is 143 Å². The zero-order chi connectivity index (χ0) is 29.1. The summed E-state index contributed by atoms with van der Waals surface area (Å²) >= 11 is 8.70. The van der Waals surface area contributed by atoms with Crippen molar-refractivity contribution in [2.75, 3.05) is 30.2 Å². The first kappa shape index (κ1) is 28.5. The molecule has 0 spiro atoms. The quantitative estimate of drug-likeness (QED) is 0.326. The van der Waals surface area contributed by atoms with Crippen molar-refractivity contribution in [2.45, 2.75) is 29.5 Å². The van der Waals surface area contributed by atoms with Crippen molar-refractivity contribution in [2.24, 2.45) is 5.73 Å². The fraction of sp³-hybridized carbons (Fsp3) is 0.250. The molecule has 2 aromatic carbocycles. The number of nitrogens with zero attached hydrogens (tertiary/aromatic N) is 4. The van der Waals surface area contributed by atoms with Crippen molar-refractivity contribution in [1.29, 1.82) is 5.26 Å². The SMILES string of the molecule is COc1cc(NC(=O)CSc2nnc(N3C(N)=C(C#N)C(c4cccc(Cl)c4)C4=C3CCCC4=O)s2)cc(OC)c1. The molecule has 41 heavy (non-hydrogen) atoms. The average molecular weight is 609 g/mol. The lowest BCUT2D eigenvalue weighted by Gasteiger charge is -2.38. The summed E-state index contributed by atoms with van der Waals surface area (Å²) in [4.78, 5) is 27.6. The van der Waals surface area contributed by atoms with Gasteiger partial charge in [-0.3, -0.25) is 14.5 Å². The van der Waals surface area contributed by atoms with Crippen LogP contribution >= 0.6 is 34.7 Å². The number of ketones is 1. The summed E-state index contributed by atoms with van der Waals surface area (Å²) in [6, 6.07) is 14.5. The van der Waals surface area contributed by atoms with Crippen molar-refractivity contribution in [3.05, 3.63) is 75.7 Å². The summed E-state index contributed by atoms with van der Waals surface area (Å²) in [6.07, 6.45) is 1.63. The first-order chi connectivity index (χ1) is 19.8. The number of nitrogens with two attached hydrogens (primary N) is 1. The molecule has 0 saturated carbocycles. The fourth-order valence-electron chi connectivity index (χ4n) is 4.88. The second-order valence-corrected chi connectivity index (χ2v) is 11.8. The first-order valence-electron chi connectivity index (χ1n) is 12.5. The number of carbonyl (C=O) groups is 2. The molecule has 1 unspecified atom stereocenters. The van der Waals surface area contributed by atoms with Gasteiger partial charge in [0.05, 0.1) is 37.5 Å². The van der Waals surface area contributed by atoms with E-state index in [1.807, 2.05) is 6.07 Å². The lowest BCUT2D eigenvalue weighted by atomic mass is 9.76. The molecular weight excluding hydrogens is 584 g/mol. The molecule has 2 heterocycles. The number of anilines is 2. The lowest BCUT2D eigenvalue weighted by molar-refractivity contribution is -0.116. The zero-order valence-electron chi connectivity index (χ0n) is 22.1. The maximum absolute atomic E-state index is 13.3. The number of aromatic nitrogens is 2. The highest BCUT2D eigenvalue weighted by Gasteiger charge is 2.41. The molecular formula is C28H25ClN6O4S2. The molecule has 0 saturated heterocycles. The number of nitriles is 1. The minimum absolute atomic E-state index is 0.0357. The maximum Gasteiger partial charge on any atom is 0.234 e. The summed E-state index contributed by atoms with van der Waals surface area (Å²) < 4.78 is 11.0. The van der Waals surface area contributed by atoms with Gasteiger partial charge in [0.2, 0.25) is 11.0 Å². The van der Waals surface area contributed by atoms with Gasteiger partial charge in [0.15, 0.2) is 10.1 Å². The van der Waals surface area contributed by atoms with E-state index in [2.05, 4.69) is 21.6 Å². The van der Waals surface area contributed by atoms with E-state index in [0.717, 1.165) is 5.56 Å². The van der Waals surface area contributed by atoms with Gasteiger partial charge in [-0.15, -0.1) is 10.2 Å². The maximum atomic E-state index is 13.3. The summed E-state index contributed by atoms with van der Waals surface area (Å²) in [7, 11) is 3.07. The lowest BCUT2D eigenvalue weighted by Crippen LogP contribution is -2.38. The molecule has 1 aliphatic heterocycles. The molecule has 10 nitrogen and oxygen atoms in total. The number of allylic oxidation sites excluding steroid dienone is 3. The molecule has 1 atom stereocenters. The molecule has 3 N–H and O–H groups in total. The predicted octanol–water partition coefficient (Wildman–Crippen LogP) is 5.24. The number of Topliss-reactive ketones (excluding diaryl/α,β-unsaturated/α-hetero) is 1. The van der Waals surface area contributed by atoms with Crippen LogP contribution in [0, 0.1) is 11.3 Å². The normalized spacial score (nSPS) is 16.8. The number of amides is 1. The van der Waals surface area contributed by atoms with Crippen LogP contribution in [0.5, 0.6) is 11.5 Å². The number of nitrogens with one attached hydrogen (secondary N) is 1. The van der Waals surface area contributed by atoms with Crippen molar-refractivity contribution in [3.63, 3.8) is 0 Å². The van der Waals surface area contributed by atoms with Gasteiger partial charge in [-0.2, -0.15) is 5.26 Å². The van der Waals surface area contributed by atoms with Gasteiger partial charge in [-0.1, -0.05) is 46.8 Å². The Morgan fingerprint density at radius 2 is 1.98 bits per heavy atom. The van der Waals surface area contributed by atoms with Crippen molar-refractivity contribution in [1.82, 2.24) is 10.2 Å². The molecule has 1 aromatic heterocycles. The Bertz CT molecular complexity index is 1610. The van der Waals surface area contributed by atoms with E-state index >= 15 is 0 Å². The van der Waals surface area contributed by atoms with Crippen molar-refractivity contribution in [3.8, 4) is 17.6 Å². The van der Waals surface area contributed by atoms with Crippen LogP contribution in [0.2, 0.25) is 5.02 Å². The van der Waals surface area contributed by atoms with Gasteiger partial charge in [0.1, 0.15) is 17.3 Å². The number of halogens is 1. The summed E-state index contributed by atoms with van der Waals surface area (Å²) in [5.74, 6) is 0.480. The summed E-state index contributed by atoms with van der Waals surface area (Å²) in [6.45, 7) is 0. The van der Waals surface area contributed by atoms with Crippen LogP contribution in [0.25, 0.3) is 0 Å². The molecule has 1 aliphatic carbocycles. The van der Waals surface area contributed by atoms with Gasteiger partial charge in [0.25, 0.3) is 0 Å². The van der Waals surface area contributed by atoms with E-state index in [0.29, 0.717) is 62.2 Å². The largest absolute Gasteiger partial charge is 0.497 e. The second kappa shape index (κ2) is 12.2. The highest BCUT2D eigenvalue weighted by molar-refractivity contribution is 8.01.